The Morgan fingerprint density at radius 3 is 2.50 bits per heavy atom. The molecular weight excluding hydrogens is 355 g/mol. The van der Waals surface area contributed by atoms with Gasteiger partial charge >= 0.3 is 0 Å². The quantitative estimate of drug-likeness (QED) is 0.699. The summed E-state index contributed by atoms with van der Waals surface area (Å²) < 4.78 is 39.1. The van der Waals surface area contributed by atoms with Crippen LogP contribution in [0, 0.1) is 12.7 Å². The number of fused-ring (bicyclic) bond motifs is 1. The molecule has 1 aromatic heterocycles. The molecule has 3 aromatic rings. The Morgan fingerprint density at radius 2 is 1.81 bits per heavy atom. The second-order valence-corrected chi connectivity index (χ2v) is 8.29. The van der Waals surface area contributed by atoms with Gasteiger partial charge in [0.25, 0.3) is 5.91 Å². The van der Waals surface area contributed by atoms with E-state index in [4.69, 9.17) is 0 Å². The topological polar surface area (TPSA) is 68.2 Å². The lowest BCUT2D eigenvalue weighted by atomic mass is 10.2. The van der Waals surface area contributed by atoms with Crippen molar-refractivity contribution in [1.29, 1.82) is 0 Å². The third-order valence-electron chi connectivity index (χ3n) is 4.26. The molecule has 0 atom stereocenters. The van der Waals surface area contributed by atoms with Gasteiger partial charge in [-0.1, -0.05) is 11.6 Å². The van der Waals surface area contributed by atoms with Crippen molar-refractivity contribution in [2.24, 2.45) is 7.05 Å². The number of rotatable bonds is 5. The van der Waals surface area contributed by atoms with Gasteiger partial charge in [-0.05, 0) is 49.4 Å². The van der Waals surface area contributed by atoms with E-state index in [-0.39, 0.29) is 23.1 Å². The van der Waals surface area contributed by atoms with Gasteiger partial charge in [0.15, 0.2) is 9.84 Å². The number of halogens is 1. The summed E-state index contributed by atoms with van der Waals surface area (Å²) in [6.45, 7) is 1.95. The zero-order chi connectivity index (χ0) is 18.9. The van der Waals surface area contributed by atoms with Gasteiger partial charge in [0, 0.05) is 24.5 Å². The monoisotopic (exact) mass is 374 g/mol. The molecule has 26 heavy (non-hydrogen) atoms. The lowest BCUT2D eigenvalue weighted by molar-refractivity contribution is 0.0948. The van der Waals surface area contributed by atoms with Gasteiger partial charge in [0.05, 0.1) is 10.6 Å². The van der Waals surface area contributed by atoms with Crippen LogP contribution in [0.25, 0.3) is 10.9 Å². The van der Waals surface area contributed by atoms with Crippen molar-refractivity contribution in [1.82, 2.24) is 9.88 Å². The minimum atomic E-state index is -3.58. The fourth-order valence-electron chi connectivity index (χ4n) is 2.84. The molecule has 0 aliphatic carbocycles. The molecule has 0 saturated carbocycles. The minimum Gasteiger partial charge on any atom is -0.350 e. The van der Waals surface area contributed by atoms with E-state index in [2.05, 4.69) is 5.32 Å². The molecule has 7 heteroatoms. The molecule has 1 N–H and O–H groups in total. The van der Waals surface area contributed by atoms with Crippen molar-refractivity contribution in [3.8, 4) is 0 Å². The van der Waals surface area contributed by atoms with Crippen LogP contribution < -0.4 is 5.32 Å². The SMILES string of the molecule is Cc1ccc2c(c1)cc(C(=O)NCCS(=O)(=O)c1ccc(F)cc1)n2C. The highest BCUT2D eigenvalue weighted by Gasteiger charge is 2.17. The molecule has 0 spiro atoms. The molecule has 0 aliphatic heterocycles. The first kappa shape index (κ1) is 18.1. The average Bonchev–Trinajstić information content (AvgIpc) is 2.91. The molecule has 2 aromatic carbocycles. The van der Waals surface area contributed by atoms with E-state index in [1.54, 1.807) is 17.7 Å². The number of carbonyl (C=O) groups excluding carboxylic acids is 1. The van der Waals surface area contributed by atoms with Gasteiger partial charge in [-0.3, -0.25) is 4.79 Å². The summed E-state index contributed by atoms with van der Waals surface area (Å²) in [7, 11) is -1.79. The summed E-state index contributed by atoms with van der Waals surface area (Å²) in [5.74, 6) is -1.09. The maximum absolute atomic E-state index is 12.9. The normalized spacial score (nSPS) is 11.7. The van der Waals surface area contributed by atoms with Crippen LogP contribution in [0.5, 0.6) is 0 Å². The summed E-state index contributed by atoms with van der Waals surface area (Å²) >= 11 is 0. The fraction of sp³-hybridized carbons (Fsp3) is 0.211. The number of hydrogen-bond acceptors (Lipinski definition) is 3. The number of aromatic nitrogens is 1. The summed E-state index contributed by atoms with van der Waals surface area (Å²) in [6.07, 6.45) is 0. The highest BCUT2D eigenvalue weighted by molar-refractivity contribution is 7.91. The first-order chi connectivity index (χ1) is 12.3. The number of aryl methyl sites for hydroxylation is 2. The molecule has 0 fully saturated rings. The van der Waals surface area contributed by atoms with Crippen molar-refractivity contribution >= 4 is 26.6 Å². The number of carbonyl (C=O) groups is 1. The second-order valence-electron chi connectivity index (χ2n) is 6.18. The lowest BCUT2D eigenvalue weighted by Gasteiger charge is -2.08. The maximum atomic E-state index is 12.9. The summed E-state index contributed by atoms with van der Waals surface area (Å²) in [6, 6.07) is 12.3. The molecule has 5 nitrogen and oxygen atoms in total. The number of sulfone groups is 1. The Morgan fingerprint density at radius 1 is 1.12 bits per heavy atom. The fourth-order valence-corrected chi connectivity index (χ4v) is 3.99. The van der Waals surface area contributed by atoms with Gasteiger partial charge in [-0.25, -0.2) is 12.8 Å². The Hall–Kier alpha value is -2.67. The Balaban J connectivity index is 1.69. The first-order valence-electron chi connectivity index (χ1n) is 8.10. The summed E-state index contributed by atoms with van der Waals surface area (Å²) in [4.78, 5) is 12.4. The van der Waals surface area contributed by atoms with Crippen molar-refractivity contribution in [3.63, 3.8) is 0 Å². The summed E-state index contributed by atoms with van der Waals surface area (Å²) in [5, 5.41) is 3.59. The van der Waals surface area contributed by atoms with Crippen LogP contribution in [-0.4, -0.2) is 31.2 Å². The second kappa shape index (κ2) is 6.92. The Kier molecular flexibility index (Phi) is 4.82. The van der Waals surface area contributed by atoms with E-state index in [1.807, 2.05) is 25.1 Å². The first-order valence-corrected chi connectivity index (χ1v) is 9.76. The van der Waals surface area contributed by atoms with Crippen molar-refractivity contribution in [2.45, 2.75) is 11.8 Å². The molecular formula is C19H19FN2O3S. The molecule has 0 bridgehead atoms. The predicted molar refractivity (Wildman–Crippen MR) is 98.4 cm³/mol. The van der Waals surface area contributed by atoms with Crippen LogP contribution in [0.15, 0.2) is 53.4 Å². The number of nitrogens with zero attached hydrogens (tertiary/aromatic N) is 1. The largest absolute Gasteiger partial charge is 0.350 e. The van der Waals surface area contributed by atoms with E-state index in [9.17, 15) is 17.6 Å². The smallest absolute Gasteiger partial charge is 0.267 e. The molecule has 0 unspecified atom stereocenters. The number of amides is 1. The van der Waals surface area contributed by atoms with Gasteiger partial charge in [-0.15, -0.1) is 0 Å². The van der Waals surface area contributed by atoms with E-state index < -0.39 is 15.7 Å². The molecule has 3 rings (SSSR count). The third-order valence-corrected chi connectivity index (χ3v) is 5.99. The van der Waals surface area contributed by atoms with Gasteiger partial charge < -0.3 is 9.88 Å². The third kappa shape index (κ3) is 3.62. The van der Waals surface area contributed by atoms with E-state index in [0.717, 1.165) is 28.6 Å². The average molecular weight is 374 g/mol. The lowest BCUT2D eigenvalue weighted by Crippen LogP contribution is -2.30. The number of hydrogen-bond donors (Lipinski definition) is 1. The van der Waals surface area contributed by atoms with Gasteiger partial charge in [0.2, 0.25) is 0 Å². The van der Waals surface area contributed by atoms with E-state index in [0.29, 0.717) is 5.69 Å². The van der Waals surface area contributed by atoms with Crippen LogP contribution in [0.3, 0.4) is 0 Å². The zero-order valence-electron chi connectivity index (χ0n) is 14.5. The van der Waals surface area contributed by atoms with Crippen molar-refractivity contribution in [3.05, 3.63) is 65.6 Å². The highest BCUT2D eigenvalue weighted by Crippen LogP contribution is 2.20. The van der Waals surface area contributed by atoms with Crippen molar-refractivity contribution in [2.75, 3.05) is 12.3 Å². The molecule has 0 radical (unpaired) electrons. The van der Waals surface area contributed by atoms with Crippen LogP contribution in [0.4, 0.5) is 4.39 Å². The molecule has 136 valence electrons. The van der Waals surface area contributed by atoms with E-state index >= 15 is 0 Å². The maximum Gasteiger partial charge on any atom is 0.267 e. The Bertz CT molecular complexity index is 1070. The Labute approximate surface area is 151 Å². The standard InChI is InChI=1S/C19H19FN2O3S/c1-13-3-8-17-14(11-13)12-18(22(17)2)19(23)21-9-10-26(24,25)16-6-4-15(20)5-7-16/h3-8,11-12H,9-10H2,1-2H3,(H,21,23). The zero-order valence-corrected chi connectivity index (χ0v) is 15.3. The van der Waals surface area contributed by atoms with Crippen LogP contribution in [-0.2, 0) is 16.9 Å². The van der Waals surface area contributed by atoms with Crippen LogP contribution in [0.1, 0.15) is 16.1 Å². The van der Waals surface area contributed by atoms with Crippen LogP contribution in [0.2, 0.25) is 0 Å². The van der Waals surface area contributed by atoms with Crippen molar-refractivity contribution < 1.29 is 17.6 Å². The van der Waals surface area contributed by atoms with Gasteiger partial charge in [-0.2, -0.15) is 0 Å². The van der Waals surface area contributed by atoms with Crippen LogP contribution >= 0.6 is 0 Å². The molecule has 0 saturated heterocycles. The highest BCUT2D eigenvalue weighted by atomic mass is 32.2. The molecule has 0 aliphatic rings. The van der Waals surface area contributed by atoms with E-state index in [1.165, 1.54) is 12.1 Å². The predicted octanol–water partition coefficient (Wildman–Crippen LogP) is 2.83. The summed E-state index contributed by atoms with van der Waals surface area (Å²) in [5.41, 5.74) is 2.49. The number of nitrogens with one attached hydrogen (secondary N) is 1. The molecule has 1 heterocycles. The molecule has 1 amide bonds. The number of benzene rings is 2. The van der Waals surface area contributed by atoms with Gasteiger partial charge in [0.1, 0.15) is 11.5 Å². The minimum absolute atomic E-state index is 0.0287.